The summed E-state index contributed by atoms with van der Waals surface area (Å²) in [6.45, 7) is 1.38. The number of carbonyl (C=O) groups is 2. The average Bonchev–Trinajstić information content (AvgIpc) is 2.25. The Morgan fingerprint density at radius 1 is 1.38 bits per heavy atom. The summed E-state index contributed by atoms with van der Waals surface area (Å²) < 4.78 is 0. The Balaban J connectivity index is 2.83. The van der Waals surface area contributed by atoms with Crippen LogP contribution in [0.5, 0.6) is 0 Å². The zero-order chi connectivity index (χ0) is 12.1. The molecule has 0 bridgehead atoms. The van der Waals surface area contributed by atoms with E-state index >= 15 is 0 Å². The number of nitrogens with zero attached hydrogens (tertiary/aromatic N) is 1. The number of carbonyl (C=O) groups excluding carboxylic acids is 2. The van der Waals surface area contributed by atoms with Gasteiger partial charge in [0.2, 0.25) is 0 Å². The number of benzene rings is 1. The lowest BCUT2D eigenvalue weighted by atomic mass is 9.96. The molecule has 0 saturated carbocycles. The second kappa shape index (κ2) is 5.47. The van der Waals surface area contributed by atoms with Crippen molar-refractivity contribution in [3.8, 4) is 6.07 Å². The summed E-state index contributed by atoms with van der Waals surface area (Å²) in [6, 6.07) is 8.81. The Hall–Kier alpha value is -1.60. The minimum atomic E-state index is -0.698. The van der Waals surface area contributed by atoms with Gasteiger partial charge in [-0.3, -0.25) is 9.59 Å². The highest BCUT2D eigenvalue weighted by Crippen LogP contribution is 2.13. The summed E-state index contributed by atoms with van der Waals surface area (Å²) in [5.41, 5.74) is 1.40. The third-order valence-corrected chi connectivity index (χ3v) is 2.62. The molecule has 1 aromatic rings. The van der Waals surface area contributed by atoms with Crippen molar-refractivity contribution in [2.75, 3.05) is 0 Å². The highest BCUT2D eigenvalue weighted by Gasteiger charge is 2.20. The van der Waals surface area contributed by atoms with E-state index in [4.69, 9.17) is 5.26 Å². The van der Waals surface area contributed by atoms with Crippen LogP contribution in [0.15, 0.2) is 24.3 Å². The number of ketones is 1. The molecule has 4 heteroatoms. The number of Topliss-reactive ketones (excluding diaryl/α,β-unsaturated/α-hetero) is 1. The van der Waals surface area contributed by atoms with Gasteiger partial charge in [-0.1, -0.05) is 12.1 Å². The van der Waals surface area contributed by atoms with Crippen LogP contribution in [0.1, 0.15) is 18.1 Å². The Morgan fingerprint density at radius 2 is 1.94 bits per heavy atom. The van der Waals surface area contributed by atoms with Crippen molar-refractivity contribution in [2.24, 2.45) is 5.92 Å². The third kappa shape index (κ3) is 3.21. The van der Waals surface area contributed by atoms with Gasteiger partial charge in [0.25, 0.3) is 0 Å². The van der Waals surface area contributed by atoms with Gasteiger partial charge in [-0.25, -0.2) is 0 Å². The molecule has 1 aromatic carbocycles. The van der Waals surface area contributed by atoms with Crippen LogP contribution >= 0.6 is 12.6 Å². The van der Waals surface area contributed by atoms with Gasteiger partial charge < -0.3 is 0 Å². The molecule has 3 nitrogen and oxygen atoms in total. The Kier molecular flexibility index (Phi) is 4.27. The summed E-state index contributed by atoms with van der Waals surface area (Å²) in [6.07, 6.45) is 0.337. The van der Waals surface area contributed by atoms with Crippen LogP contribution in [0.4, 0.5) is 0 Å². The van der Waals surface area contributed by atoms with E-state index in [0.29, 0.717) is 12.0 Å². The molecule has 1 rings (SSSR count). The molecule has 0 heterocycles. The van der Waals surface area contributed by atoms with Crippen molar-refractivity contribution in [2.45, 2.75) is 13.3 Å². The van der Waals surface area contributed by atoms with E-state index in [-0.39, 0.29) is 5.78 Å². The molecule has 0 saturated heterocycles. The van der Waals surface area contributed by atoms with Gasteiger partial charge in [-0.05, 0) is 31.0 Å². The monoisotopic (exact) mass is 233 g/mol. The molecule has 1 atom stereocenters. The Labute approximate surface area is 99.5 Å². The maximum absolute atomic E-state index is 11.2. The summed E-state index contributed by atoms with van der Waals surface area (Å²) in [7, 11) is 0. The van der Waals surface area contributed by atoms with Crippen molar-refractivity contribution >= 4 is 23.5 Å². The van der Waals surface area contributed by atoms with Crippen molar-refractivity contribution in [1.82, 2.24) is 0 Å². The maximum atomic E-state index is 11.2. The van der Waals surface area contributed by atoms with Gasteiger partial charge in [-0.2, -0.15) is 5.26 Å². The fraction of sp³-hybridized carbons (Fsp3) is 0.250. The number of nitriles is 1. The Morgan fingerprint density at radius 3 is 2.31 bits per heavy atom. The summed E-state index contributed by atoms with van der Waals surface area (Å²) in [5, 5.41) is 8.20. The number of thiol groups is 1. The normalized spacial score (nSPS) is 11.6. The molecule has 0 amide bonds. The molecular formula is C12H11NO2S. The van der Waals surface area contributed by atoms with Gasteiger partial charge in [-0.15, -0.1) is 12.6 Å². The summed E-state index contributed by atoms with van der Waals surface area (Å²) >= 11 is 3.69. The van der Waals surface area contributed by atoms with Crippen LogP contribution in [0.3, 0.4) is 0 Å². The molecular weight excluding hydrogens is 222 g/mol. The van der Waals surface area contributed by atoms with Crippen LogP contribution in [0, 0.1) is 17.2 Å². The highest BCUT2D eigenvalue weighted by molar-refractivity contribution is 7.96. The summed E-state index contributed by atoms with van der Waals surface area (Å²) in [4.78, 5) is 22.3. The first-order valence-corrected chi connectivity index (χ1v) is 5.21. The second-order valence-electron chi connectivity index (χ2n) is 3.51. The topological polar surface area (TPSA) is 57.9 Å². The van der Waals surface area contributed by atoms with E-state index < -0.39 is 11.0 Å². The molecule has 0 spiro atoms. The van der Waals surface area contributed by atoms with Gasteiger partial charge in [0.05, 0.1) is 17.6 Å². The first-order valence-electron chi connectivity index (χ1n) is 4.77. The van der Waals surface area contributed by atoms with Crippen LogP contribution in [0.2, 0.25) is 0 Å². The molecule has 82 valence electrons. The van der Waals surface area contributed by atoms with Gasteiger partial charge in [0.15, 0.2) is 5.12 Å². The molecule has 0 fully saturated rings. The predicted octanol–water partition coefficient (Wildman–Crippen LogP) is 1.76. The third-order valence-electron chi connectivity index (χ3n) is 2.31. The van der Waals surface area contributed by atoms with Crippen molar-refractivity contribution in [3.63, 3.8) is 0 Å². The zero-order valence-electron chi connectivity index (χ0n) is 8.80. The summed E-state index contributed by atoms with van der Waals surface area (Å²) in [5.74, 6) is -0.888. The molecule has 16 heavy (non-hydrogen) atoms. The van der Waals surface area contributed by atoms with Gasteiger partial charge >= 0.3 is 0 Å². The van der Waals surface area contributed by atoms with Crippen LogP contribution < -0.4 is 0 Å². The minimum absolute atomic E-state index is 0.190. The van der Waals surface area contributed by atoms with E-state index in [1.54, 1.807) is 24.3 Å². The van der Waals surface area contributed by atoms with Crippen molar-refractivity contribution < 1.29 is 9.59 Å². The second-order valence-corrected chi connectivity index (χ2v) is 3.96. The van der Waals surface area contributed by atoms with Crippen LogP contribution in [-0.4, -0.2) is 10.9 Å². The van der Waals surface area contributed by atoms with E-state index in [2.05, 4.69) is 12.6 Å². The largest absolute Gasteiger partial charge is 0.299 e. The standard InChI is InChI=1S/C12H11NO2S/c1-8(14)11(12(15)16)6-9-2-4-10(7-13)5-3-9/h2-5,11H,6H2,1H3,(H,15,16). The number of hydrogen-bond acceptors (Lipinski definition) is 3. The first-order chi connectivity index (χ1) is 7.54. The Bertz CT molecular complexity index is 431. The van der Waals surface area contributed by atoms with E-state index in [1.165, 1.54) is 6.92 Å². The zero-order valence-corrected chi connectivity index (χ0v) is 9.70. The quantitative estimate of drug-likeness (QED) is 0.637. The van der Waals surface area contributed by atoms with Crippen molar-refractivity contribution in [3.05, 3.63) is 35.4 Å². The van der Waals surface area contributed by atoms with Crippen LogP contribution in [-0.2, 0) is 16.0 Å². The van der Waals surface area contributed by atoms with E-state index in [1.807, 2.05) is 6.07 Å². The molecule has 0 aliphatic heterocycles. The maximum Gasteiger partial charge on any atom is 0.196 e. The van der Waals surface area contributed by atoms with E-state index in [9.17, 15) is 9.59 Å². The van der Waals surface area contributed by atoms with Crippen molar-refractivity contribution in [1.29, 1.82) is 5.26 Å². The highest BCUT2D eigenvalue weighted by atomic mass is 32.1. The average molecular weight is 233 g/mol. The molecule has 1 unspecified atom stereocenters. The molecule has 0 aromatic heterocycles. The number of rotatable bonds is 4. The lowest BCUT2D eigenvalue weighted by Crippen LogP contribution is -2.20. The number of hydrogen-bond donors (Lipinski definition) is 1. The van der Waals surface area contributed by atoms with Gasteiger partial charge in [0, 0.05) is 0 Å². The SMILES string of the molecule is CC(=O)C(Cc1ccc(C#N)cc1)C(=O)S. The molecule has 0 N–H and O–H groups in total. The fourth-order valence-electron chi connectivity index (χ4n) is 1.36. The van der Waals surface area contributed by atoms with Crippen LogP contribution in [0.25, 0.3) is 0 Å². The fourth-order valence-corrected chi connectivity index (χ4v) is 1.63. The molecule has 0 aliphatic rings. The molecule has 0 aliphatic carbocycles. The predicted molar refractivity (Wildman–Crippen MR) is 63.0 cm³/mol. The van der Waals surface area contributed by atoms with E-state index in [0.717, 1.165) is 5.56 Å². The lowest BCUT2D eigenvalue weighted by Gasteiger charge is -2.09. The lowest BCUT2D eigenvalue weighted by molar-refractivity contribution is -0.126. The smallest absolute Gasteiger partial charge is 0.196 e. The first kappa shape index (κ1) is 12.5. The minimum Gasteiger partial charge on any atom is -0.299 e. The van der Waals surface area contributed by atoms with Gasteiger partial charge in [0.1, 0.15) is 5.78 Å². The molecule has 0 radical (unpaired) electrons.